The lowest BCUT2D eigenvalue weighted by Crippen LogP contribution is -2.50. The molecular formula is C12H15N3O3S. The fourth-order valence-electron chi connectivity index (χ4n) is 2.34. The third kappa shape index (κ3) is 2.03. The zero-order chi connectivity index (χ0) is 13.4. The number of fused-ring (bicyclic) bond motifs is 1. The van der Waals surface area contributed by atoms with Gasteiger partial charge < -0.3 is 14.7 Å². The van der Waals surface area contributed by atoms with Gasteiger partial charge in [-0.25, -0.2) is 4.98 Å². The second-order valence-corrected chi connectivity index (χ2v) is 5.51. The second-order valence-electron chi connectivity index (χ2n) is 4.63. The van der Waals surface area contributed by atoms with Crippen molar-refractivity contribution in [3.8, 4) is 0 Å². The largest absolute Gasteiger partial charge is 0.394 e. The van der Waals surface area contributed by atoms with Gasteiger partial charge in [0.15, 0.2) is 17.1 Å². The molecule has 2 atom stereocenters. The Morgan fingerprint density at radius 1 is 1.68 bits per heavy atom. The number of morpholine rings is 1. The number of aromatic nitrogens is 2. The number of aliphatic hydroxyl groups excluding tert-OH is 1. The molecule has 2 unspecified atom stereocenters. The maximum absolute atomic E-state index is 11.3. The first-order valence-corrected chi connectivity index (χ1v) is 7.02. The number of hydrogen-bond acceptors (Lipinski definition) is 6. The van der Waals surface area contributed by atoms with E-state index in [2.05, 4.69) is 4.98 Å². The van der Waals surface area contributed by atoms with Crippen LogP contribution in [0.25, 0.3) is 4.96 Å². The number of aldehydes is 1. The summed E-state index contributed by atoms with van der Waals surface area (Å²) in [4.78, 5) is 18.7. The molecule has 1 saturated heterocycles. The molecule has 1 fully saturated rings. The third-order valence-corrected chi connectivity index (χ3v) is 4.13. The first kappa shape index (κ1) is 12.6. The standard InChI is InChI=1S/C12H15N3O3S/c1-8-7-18-9(5-16)4-15(8)11-10(6-17)14-2-3-19-12(14)13-11/h2-3,6,8-9,16H,4-5,7H2,1H3. The van der Waals surface area contributed by atoms with Crippen LogP contribution in [0.1, 0.15) is 17.4 Å². The number of nitrogens with zero attached hydrogens (tertiary/aromatic N) is 3. The number of ether oxygens (including phenoxy) is 1. The Balaban J connectivity index is 2.01. The summed E-state index contributed by atoms with van der Waals surface area (Å²) >= 11 is 1.50. The molecule has 3 heterocycles. The van der Waals surface area contributed by atoms with Gasteiger partial charge in [-0.1, -0.05) is 0 Å². The quantitative estimate of drug-likeness (QED) is 0.843. The zero-order valence-corrected chi connectivity index (χ0v) is 11.3. The summed E-state index contributed by atoms with van der Waals surface area (Å²) < 4.78 is 7.30. The molecule has 1 aliphatic heterocycles. The molecule has 2 aromatic heterocycles. The van der Waals surface area contributed by atoms with E-state index in [0.29, 0.717) is 24.7 Å². The van der Waals surface area contributed by atoms with Crippen LogP contribution in [0.5, 0.6) is 0 Å². The van der Waals surface area contributed by atoms with E-state index < -0.39 is 0 Å². The second kappa shape index (κ2) is 4.92. The van der Waals surface area contributed by atoms with Crippen molar-refractivity contribution in [2.45, 2.75) is 19.1 Å². The van der Waals surface area contributed by atoms with Crippen molar-refractivity contribution in [3.05, 3.63) is 17.3 Å². The topological polar surface area (TPSA) is 67.1 Å². The minimum atomic E-state index is -0.226. The number of rotatable bonds is 3. The van der Waals surface area contributed by atoms with Gasteiger partial charge in [0, 0.05) is 18.1 Å². The number of thiazole rings is 1. The van der Waals surface area contributed by atoms with E-state index in [1.54, 1.807) is 4.40 Å². The SMILES string of the molecule is CC1COC(CO)CN1c1nc2sccn2c1C=O. The Hall–Kier alpha value is -1.44. The lowest BCUT2D eigenvalue weighted by molar-refractivity contribution is -0.0105. The van der Waals surface area contributed by atoms with Crippen molar-refractivity contribution in [2.24, 2.45) is 0 Å². The Labute approximate surface area is 114 Å². The summed E-state index contributed by atoms with van der Waals surface area (Å²) in [6.07, 6.45) is 2.45. The number of imidazole rings is 1. The van der Waals surface area contributed by atoms with E-state index in [4.69, 9.17) is 4.74 Å². The Morgan fingerprint density at radius 2 is 2.53 bits per heavy atom. The number of anilines is 1. The normalized spacial score (nSPS) is 24.0. The van der Waals surface area contributed by atoms with Crippen LogP contribution in [-0.2, 0) is 4.74 Å². The molecule has 0 bridgehead atoms. The molecule has 102 valence electrons. The van der Waals surface area contributed by atoms with E-state index in [0.717, 1.165) is 11.2 Å². The average Bonchev–Trinajstić information content (AvgIpc) is 2.99. The van der Waals surface area contributed by atoms with Crippen molar-refractivity contribution >= 4 is 28.4 Å². The predicted octanol–water partition coefficient (Wildman–Crippen LogP) is 0.794. The van der Waals surface area contributed by atoms with Gasteiger partial charge >= 0.3 is 0 Å². The van der Waals surface area contributed by atoms with Crippen molar-refractivity contribution in [3.63, 3.8) is 0 Å². The van der Waals surface area contributed by atoms with E-state index >= 15 is 0 Å². The van der Waals surface area contributed by atoms with Crippen molar-refractivity contribution in [1.82, 2.24) is 9.38 Å². The fraction of sp³-hybridized carbons (Fsp3) is 0.500. The van der Waals surface area contributed by atoms with Crippen LogP contribution >= 0.6 is 11.3 Å². The molecule has 0 radical (unpaired) electrons. The van der Waals surface area contributed by atoms with Crippen molar-refractivity contribution < 1.29 is 14.6 Å². The third-order valence-electron chi connectivity index (χ3n) is 3.37. The summed E-state index contributed by atoms with van der Waals surface area (Å²) in [5.74, 6) is 0.677. The molecule has 19 heavy (non-hydrogen) atoms. The molecule has 0 aromatic carbocycles. The summed E-state index contributed by atoms with van der Waals surface area (Å²) in [5, 5.41) is 11.1. The summed E-state index contributed by atoms with van der Waals surface area (Å²) in [7, 11) is 0. The van der Waals surface area contributed by atoms with Gasteiger partial charge in [-0.2, -0.15) is 0 Å². The van der Waals surface area contributed by atoms with Gasteiger partial charge in [0.25, 0.3) is 0 Å². The van der Waals surface area contributed by atoms with Crippen LogP contribution in [0.4, 0.5) is 5.82 Å². The highest BCUT2D eigenvalue weighted by Crippen LogP contribution is 2.27. The molecule has 0 saturated carbocycles. The fourth-order valence-corrected chi connectivity index (χ4v) is 3.05. The molecule has 6 nitrogen and oxygen atoms in total. The summed E-state index contributed by atoms with van der Waals surface area (Å²) in [6.45, 7) is 3.07. The summed E-state index contributed by atoms with van der Waals surface area (Å²) in [6, 6.07) is 0.131. The molecule has 0 spiro atoms. The maximum atomic E-state index is 11.3. The van der Waals surface area contributed by atoms with Gasteiger partial charge in [-0.15, -0.1) is 11.3 Å². The van der Waals surface area contributed by atoms with Gasteiger partial charge in [-0.05, 0) is 6.92 Å². The highest BCUT2D eigenvalue weighted by atomic mass is 32.1. The average molecular weight is 281 g/mol. The highest BCUT2D eigenvalue weighted by molar-refractivity contribution is 7.15. The van der Waals surface area contributed by atoms with Crippen LogP contribution in [0, 0.1) is 0 Å². The number of hydrogen-bond donors (Lipinski definition) is 1. The molecule has 0 aliphatic carbocycles. The molecule has 0 amide bonds. The molecular weight excluding hydrogens is 266 g/mol. The van der Waals surface area contributed by atoms with Crippen LogP contribution < -0.4 is 4.90 Å². The predicted molar refractivity (Wildman–Crippen MR) is 72.1 cm³/mol. The summed E-state index contributed by atoms with van der Waals surface area (Å²) in [5.41, 5.74) is 0.557. The minimum absolute atomic E-state index is 0.0259. The number of carbonyl (C=O) groups excluding carboxylic acids is 1. The highest BCUT2D eigenvalue weighted by Gasteiger charge is 2.29. The first-order chi connectivity index (χ1) is 9.24. The molecule has 7 heteroatoms. The van der Waals surface area contributed by atoms with Gasteiger partial charge in [0.1, 0.15) is 5.69 Å². The van der Waals surface area contributed by atoms with Gasteiger partial charge in [-0.3, -0.25) is 9.20 Å². The molecule has 2 aromatic rings. The lowest BCUT2D eigenvalue weighted by atomic mass is 10.2. The van der Waals surface area contributed by atoms with Crippen LogP contribution in [0.3, 0.4) is 0 Å². The van der Waals surface area contributed by atoms with Gasteiger partial charge in [0.2, 0.25) is 0 Å². The van der Waals surface area contributed by atoms with E-state index in [-0.39, 0.29) is 18.8 Å². The molecule has 1 N–H and O–H groups in total. The maximum Gasteiger partial charge on any atom is 0.196 e. The Morgan fingerprint density at radius 3 is 3.26 bits per heavy atom. The van der Waals surface area contributed by atoms with Crippen molar-refractivity contribution in [2.75, 3.05) is 24.7 Å². The van der Waals surface area contributed by atoms with E-state index in [1.165, 1.54) is 11.3 Å². The lowest BCUT2D eigenvalue weighted by Gasteiger charge is -2.37. The smallest absolute Gasteiger partial charge is 0.196 e. The molecule has 1 aliphatic rings. The Bertz CT molecular complexity index is 594. The van der Waals surface area contributed by atoms with Gasteiger partial charge in [0.05, 0.1) is 25.4 Å². The van der Waals surface area contributed by atoms with Crippen molar-refractivity contribution in [1.29, 1.82) is 0 Å². The van der Waals surface area contributed by atoms with E-state index in [9.17, 15) is 9.90 Å². The Kier molecular flexibility index (Phi) is 3.26. The minimum Gasteiger partial charge on any atom is -0.394 e. The first-order valence-electron chi connectivity index (χ1n) is 6.14. The van der Waals surface area contributed by atoms with Crippen LogP contribution in [0.2, 0.25) is 0 Å². The van der Waals surface area contributed by atoms with Crippen LogP contribution in [-0.4, -0.2) is 52.7 Å². The van der Waals surface area contributed by atoms with Crippen LogP contribution in [0.15, 0.2) is 11.6 Å². The zero-order valence-electron chi connectivity index (χ0n) is 10.5. The van der Waals surface area contributed by atoms with E-state index in [1.807, 2.05) is 23.4 Å². The monoisotopic (exact) mass is 281 g/mol. The number of aliphatic hydroxyl groups is 1. The number of carbonyl (C=O) groups is 1. The molecule has 3 rings (SSSR count).